The third-order valence-corrected chi connectivity index (χ3v) is 12.6. The molecule has 0 unspecified atom stereocenters. The lowest BCUT2D eigenvalue weighted by Gasteiger charge is -2.18. The Bertz CT molecular complexity index is 3460. The first-order chi connectivity index (χ1) is 30.7. The average molecular weight is 792 g/mol. The predicted molar refractivity (Wildman–Crippen MR) is 261 cm³/mol. The Morgan fingerprint density at radius 3 is 1.34 bits per heavy atom. The first kappa shape index (κ1) is 35.9. The maximum Gasteiger partial charge on any atom is 0.0716 e. The van der Waals surface area contributed by atoms with Crippen molar-refractivity contribution in [2.75, 3.05) is 0 Å². The van der Waals surface area contributed by atoms with E-state index in [4.69, 9.17) is 4.98 Å². The SMILES string of the molecule is C1=C(c2cc(-c3ccc(-c4ccccc4)cc3)nc(-c3cccc(-n4c5ccccc5c5ccccc54)c3)c2)C=C(c2cccc(-n3c4ccccc4c4ccccc43)c2)CC1. The van der Waals surface area contributed by atoms with Crippen molar-refractivity contribution in [1.82, 2.24) is 14.1 Å². The summed E-state index contributed by atoms with van der Waals surface area (Å²) in [5.41, 5.74) is 18.5. The summed E-state index contributed by atoms with van der Waals surface area (Å²) in [6.07, 6.45) is 6.75. The molecule has 3 heteroatoms. The molecule has 0 amide bonds. The number of allylic oxidation sites excluding steroid dienone is 4. The van der Waals surface area contributed by atoms with Gasteiger partial charge in [-0.05, 0) is 107 Å². The molecule has 0 spiro atoms. The lowest BCUT2D eigenvalue weighted by Crippen LogP contribution is -1.99. The molecule has 8 aromatic carbocycles. The molecule has 12 rings (SSSR count). The number of nitrogens with zero attached hydrogens (tertiary/aromatic N) is 3. The third-order valence-electron chi connectivity index (χ3n) is 12.6. The normalized spacial score (nSPS) is 12.9. The van der Waals surface area contributed by atoms with Crippen molar-refractivity contribution < 1.29 is 0 Å². The van der Waals surface area contributed by atoms with Crippen molar-refractivity contribution in [3.8, 4) is 45.0 Å². The van der Waals surface area contributed by atoms with Gasteiger partial charge in [-0.3, -0.25) is 0 Å². The highest BCUT2D eigenvalue weighted by Crippen LogP contribution is 2.38. The van der Waals surface area contributed by atoms with Gasteiger partial charge in [-0.1, -0.05) is 164 Å². The van der Waals surface area contributed by atoms with Crippen molar-refractivity contribution in [2.24, 2.45) is 0 Å². The van der Waals surface area contributed by atoms with E-state index in [0.29, 0.717) is 0 Å². The summed E-state index contributed by atoms with van der Waals surface area (Å²) in [5.74, 6) is 0. The molecule has 0 bridgehead atoms. The standard InChI is InChI=1S/C59H41N3/c1-2-15-40(16-3-1)41-31-33-42(34-32-41)54-38-47(39-55(60-54)46-20-14-22-49(37-46)62-58-29-10-6-25-52(58)53-26-7-11-30-59(53)62)44-18-12-17-43(35-44)45-19-13-21-48(36-45)61-56-27-8-4-23-50(56)51-24-5-9-28-57(51)61/h1-11,13-16,18-39H,12,17H2. The number of aromatic nitrogens is 3. The summed E-state index contributed by atoms with van der Waals surface area (Å²) in [6.45, 7) is 0. The van der Waals surface area contributed by atoms with Gasteiger partial charge in [-0.25, -0.2) is 4.98 Å². The fraction of sp³-hybridized carbons (Fsp3) is 0.0339. The zero-order valence-corrected chi connectivity index (χ0v) is 34.1. The van der Waals surface area contributed by atoms with Crippen LogP contribution in [0.15, 0.2) is 224 Å². The quantitative estimate of drug-likeness (QED) is 0.158. The van der Waals surface area contributed by atoms with Crippen LogP contribution in [0.1, 0.15) is 24.0 Å². The molecule has 0 N–H and O–H groups in total. The van der Waals surface area contributed by atoms with Crippen molar-refractivity contribution in [3.63, 3.8) is 0 Å². The number of fused-ring (bicyclic) bond motifs is 6. The van der Waals surface area contributed by atoms with E-state index < -0.39 is 0 Å². The van der Waals surface area contributed by atoms with E-state index in [9.17, 15) is 0 Å². The molecular formula is C59H41N3. The van der Waals surface area contributed by atoms with E-state index in [0.717, 1.165) is 46.6 Å². The fourth-order valence-corrected chi connectivity index (χ4v) is 9.64. The Kier molecular flexibility index (Phi) is 8.64. The molecule has 0 fully saturated rings. The highest BCUT2D eigenvalue weighted by atomic mass is 15.0. The molecule has 3 heterocycles. The first-order valence-corrected chi connectivity index (χ1v) is 21.5. The highest BCUT2D eigenvalue weighted by molar-refractivity contribution is 6.10. The molecule has 62 heavy (non-hydrogen) atoms. The minimum Gasteiger partial charge on any atom is -0.309 e. The molecular weight excluding hydrogens is 751 g/mol. The van der Waals surface area contributed by atoms with Gasteiger partial charge < -0.3 is 9.13 Å². The number of pyridine rings is 1. The molecule has 0 aliphatic heterocycles. The van der Waals surface area contributed by atoms with E-state index >= 15 is 0 Å². The predicted octanol–water partition coefficient (Wildman–Crippen LogP) is 15.5. The van der Waals surface area contributed by atoms with E-state index in [1.165, 1.54) is 77.1 Å². The topological polar surface area (TPSA) is 22.8 Å². The van der Waals surface area contributed by atoms with E-state index in [1.54, 1.807) is 0 Å². The van der Waals surface area contributed by atoms with Crippen LogP contribution in [0, 0.1) is 0 Å². The van der Waals surface area contributed by atoms with Crippen LogP contribution >= 0.6 is 0 Å². The van der Waals surface area contributed by atoms with Crippen LogP contribution in [0.3, 0.4) is 0 Å². The van der Waals surface area contributed by atoms with Gasteiger partial charge in [0.25, 0.3) is 0 Å². The monoisotopic (exact) mass is 791 g/mol. The summed E-state index contributed by atoms with van der Waals surface area (Å²) >= 11 is 0. The van der Waals surface area contributed by atoms with E-state index in [2.05, 4.69) is 234 Å². The second-order valence-corrected chi connectivity index (χ2v) is 16.3. The molecule has 0 atom stereocenters. The van der Waals surface area contributed by atoms with Crippen molar-refractivity contribution in [3.05, 3.63) is 236 Å². The van der Waals surface area contributed by atoms with Crippen LogP contribution < -0.4 is 0 Å². The van der Waals surface area contributed by atoms with Crippen LogP contribution in [0.4, 0.5) is 0 Å². The van der Waals surface area contributed by atoms with E-state index in [-0.39, 0.29) is 0 Å². The van der Waals surface area contributed by atoms with Gasteiger partial charge in [-0.15, -0.1) is 0 Å². The fourth-order valence-electron chi connectivity index (χ4n) is 9.64. The second-order valence-electron chi connectivity index (χ2n) is 16.3. The van der Waals surface area contributed by atoms with Gasteiger partial charge in [0.05, 0.1) is 33.5 Å². The average Bonchev–Trinajstić information content (AvgIpc) is 3.87. The Labute approximate surface area is 360 Å². The van der Waals surface area contributed by atoms with E-state index in [1.807, 2.05) is 0 Å². The van der Waals surface area contributed by atoms with Gasteiger partial charge in [0, 0.05) is 44.0 Å². The highest BCUT2D eigenvalue weighted by Gasteiger charge is 2.18. The number of hydrogen-bond donors (Lipinski definition) is 0. The van der Waals surface area contributed by atoms with Gasteiger partial charge in [0.1, 0.15) is 0 Å². The lowest BCUT2D eigenvalue weighted by atomic mass is 9.89. The zero-order valence-electron chi connectivity index (χ0n) is 34.1. The second kappa shape index (κ2) is 14.9. The maximum atomic E-state index is 5.43. The smallest absolute Gasteiger partial charge is 0.0716 e. The lowest BCUT2D eigenvalue weighted by molar-refractivity contribution is 1.06. The largest absolute Gasteiger partial charge is 0.309 e. The summed E-state index contributed by atoms with van der Waals surface area (Å²) in [5, 5.41) is 5.05. The van der Waals surface area contributed by atoms with Crippen molar-refractivity contribution in [1.29, 1.82) is 0 Å². The minimum absolute atomic E-state index is 0.946. The molecule has 0 saturated heterocycles. The van der Waals surface area contributed by atoms with Crippen molar-refractivity contribution >= 4 is 54.8 Å². The molecule has 3 nitrogen and oxygen atoms in total. The Morgan fingerprint density at radius 2 is 0.774 bits per heavy atom. The van der Waals surface area contributed by atoms with Crippen LogP contribution in [-0.2, 0) is 0 Å². The molecule has 1 aliphatic carbocycles. The minimum atomic E-state index is 0.946. The third kappa shape index (κ3) is 6.17. The van der Waals surface area contributed by atoms with Crippen LogP contribution in [-0.4, -0.2) is 14.1 Å². The van der Waals surface area contributed by atoms with Crippen LogP contribution in [0.25, 0.3) is 99.8 Å². The molecule has 1 aliphatic rings. The number of benzene rings is 8. The summed E-state index contributed by atoms with van der Waals surface area (Å²) in [7, 11) is 0. The van der Waals surface area contributed by atoms with Gasteiger partial charge >= 0.3 is 0 Å². The number of rotatable bonds is 7. The zero-order chi connectivity index (χ0) is 41.0. The molecule has 0 saturated carbocycles. The maximum absolute atomic E-state index is 5.43. The Morgan fingerprint density at radius 1 is 0.339 bits per heavy atom. The molecule has 11 aromatic rings. The van der Waals surface area contributed by atoms with Crippen LogP contribution in [0.2, 0.25) is 0 Å². The Hall–Kier alpha value is -8.01. The molecule has 3 aromatic heterocycles. The molecule has 0 radical (unpaired) electrons. The molecule has 292 valence electrons. The first-order valence-electron chi connectivity index (χ1n) is 21.5. The summed E-state index contributed by atoms with van der Waals surface area (Å²) in [4.78, 5) is 5.43. The summed E-state index contributed by atoms with van der Waals surface area (Å²) < 4.78 is 4.79. The van der Waals surface area contributed by atoms with Gasteiger partial charge in [-0.2, -0.15) is 0 Å². The van der Waals surface area contributed by atoms with Gasteiger partial charge in [0.2, 0.25) is 0 Å². The van der Waals surface area contributed by atoms with Gasteiger partial charge in [0.15, 0.2) is 0 Å². The number of hydrogen-bond acceptors (Lipinski definition) is 1. The van der Waals surface area contributed by atoms with Crippen LogP contribution in [0.5, 0.6) is 0 Å². The van der Waals surface area contributed by atoms with Crippen molar-refractivity contribution in [2.45, 2.75) is 12.8 Å². The number of para-hydroxylation sites is 4. The Balaban J connectivity index is 0.974. The summed E-state index contributed by atoms with van der Waals surface area (Å²) in [6, 6.07) is 76.8.